The molecule has 0 radical (unpaired) electrons. The maximum absolute atomic E-state index is 13.6. The number of carbonyl (C=O) groups is 3. The smallest absolute Gasteiger partial charge is 0.305 e. The molecule has 2 heterocycles. The van der Waals surface area contributed by atoms with E-state index in [2.05, 4.69) is 20.9 Å². The Bertz CT molecular complexity index is 1170. The molecule has 0 saturated carbocycles. The molecule has 1 atom stereocenters. The van der Waals surface area contributed by atoms with Gasteiger partial charge in [0.05, 0.1) is 32.0 Å². The third-order valence-corrected chi connectivity index (χ3v) is 5.74. The summed E-state index contributed by atoms with van der Waals surface area (Å²) in [6, 6.07) is 7.25. The van der Waals surface area contributed by atoms with Crippen LogP contribution in [0.3, 0.4) is 0 Å². The van der Waals surface area contributed by atoms with Gasteiger partial charge in [-0.3, -0.25) is 19.4 Å². The summed E-state index contributed by atoms with van der Waals surface area (Å²) in [5.41, 5.74) is 2.78. The maximum Gasteiger partial charge on any atom is 0.305 e. The van der Waals surface area contributed by atoms with Crippen molar-refractivity contribution in [3.05, 3.63) is 59.2 Å². The number of hydrogen-bond donors (Lipinski definition) is 4. The number of carbonyl (C=O) groups excluding carboxylic acids is 2. The van der Waals surface area contributed by atoms with Crippen molar-refractivity contribution in [2.45, 2.75) is 25.3 Å². The van der Waals surface area contributed by atoms with E-state index in [-0.39, 0.29) is 17.9 Å². The number of anilines is 2. The molecule has 1 unspecified atom stereocenters. The van der Waals surface area contributed by atoms with Gasteiger partial charge in [0.2, 0.25) is 5.91 Å². The highest BCUT2D eigenvalue weighted by molar-refractivity contribution is 6.00. The third-order valence-electron chi connectivity index (χ3n) is 5.74. The first kappa shape index (κ1) is 24.1. The molecular weight excluding hydrogens is 460 g/mol. The minimum Gasteiger partial charge on any atom is -0.481 e. The Morgan fingerprint density at radius 2 is 1.91 bits per heavy atom. The number of aliphatic imine (C=N–C) groups is 1. The summed E-state index contributed by atoms with van der Waals surface area (Å²) in [5.74, 6) is -3.43. The van der Waals surface area contributed by atoms with Gasteiger partial charge in [0.15, 0.2) is 11.7 Å². The van der Waals surface area contributed by atoms with Crippen LogP contribution in [0.2, 0.25) is 0 Å². The van der Waals surface area contributed by atoms with E-state index in [0.29, 0.717) is 25.1 Å². The molecule has 9 nitrogen and oxygen atoms in total. The largest absolute Gasteiger partial charge is 0.481 e. The minimum absolute atomic E-state index is 0.00125. The molecule has 2 aliphatic heterocycles. The van der Waals surface area contributed by atoms with Crippen LogP contribution >= 0.6 is 0 Å². The molecule has 11 heteroatoms. The predicted octanol–water partition coefficient (Wildman–Crippen LogP) is 1.99. The van der Waals surface area contributed by atoms with Gasteiger partial charge < -0.3 is 26.0 Å². The highest BCUT2D eigenvalue weighted by Gasteiger charge is 2.25. The van der Waals surface area contributed by atoms with Crippen molar-refractivity contribution >= 4 is 35.0 Å². The van der Waals surface area contributed by atoms with Crippen LogP contribution in [0.1, 0.15) is 30.0 Å². The van der Waals surface area contributed by atoms with E-state index in [9.17, 15) is 23.2 Å². The fourth-order valence-corrected chi connectivity index (χ4v) is 4.20. The molecule has 0 bridgehead atoms. The number of aliphatic carboxylic acids is 1. The van der Waals surface area contributed by atoms with Crippen LogP contribution in [0.4, 0.5) is 20.2 Å². The number of nitrogens with one attached hydrogen (secondary N) is 3. The van der Waals surface area contributed by atoms with Gasteiger partial charge in [0.25, 0.3) is 0 Å². The Morgan fingerprint density at radius 3 is 2.60 bits per heavy atom. The number of hydrogen-bond acceptors (Lipinski definition) is 7. The lowest BCUT2D eigenvalue weighted by Gasteiger charge is -2.20. The van der Waals surface area contributed by atoms with Gasteiger partial charge in [-0.1, -0.05) is 6.07 Å². The molecule has 4 N–H and O–H groups in total. The lowest BCUT2D eigenvalue weighted by molar-refractivity contribution is -0.137. The molecule has 2 aliphatic rings. The number of nitrogens with zero attached hydrogens (tertiary/aromatic N) is 2. The molecule has 4 rings (SSSR count). The molecule has 0 fully saturated rings. The number of benzene rings is 2. The van der Waals surface area contributed by atoms with E-state index in [1.807, 2.05) is 23.1 Å². The summed E-state index contributed by atoms with van der Waals surface area (Å²) < 4.78 is 27.2. The first-order chi connectivity index (χ1) is 16.8. The molecule has 1 amide bonds. The Balaban J connectivity index is 1.37. The summed E-state index contributed by atoms with van der Waals surface area (Å²) in [6.45, 7) is 2.10. The highest BCUT2D eigenvalue weighted by atomic mass is 19.1. The summed E-state index contributed by atoms with van der Waals surface area (Å²) in [6.07, 6.45) is -0.309. The fraction of sp³-hybridized carbons (Fsp3) is 0.333. The number of ketones is 1. The quantitative estimate of drug-likeness (QED) is 0.401. The van der Waals surface area contributed by atoms with Gasteiger partial charge >= 0.3 is 5.97 Å². The first-order valence-electron chi connectivity index (χ1n) is 11.2. The molecule has 0 aliphatic carbocycles. The van der Waals surface area contributed by atoms with E-state index in [0.717, 1.165) is 42.0 Å². The lowest BCUT2D eigenvalue weighted by atomic mass is 10.0. The van der Waals surface area contributed by atoms with E-state index in [1.165, 1.54) is 0 Å². The number of rotatable bonds is 9. The molecule has 184 valence electrons. The molecule has 2 aromatic carbocycles. The second kappa shape index (κ2) is 10.5. The number of Topliss-reactive ketones (excluding diaryl/α,β-unsaturated/α-hetero) is 1. The van der Waals surface area contributed by atoms with Crippen LogP contribution in [0.25, 0.3) is 0 Å². The molecular formula is C24H25F2N5O4. The van der Waals surface area contributed by atoms with Gasteiger partial charge in [-0.15, -0.1) is 0 Å². The Morgan fingerprint density at radius 1 is 1.14 bits per heavy atom. The zero-order valence-corrected chi connectivity index (χ0v) is 18.8. The number of amides is 1. The maximum atomic E-state index is 13.6. The standard InChI is InChI=1S/C24H25F2N5O4/c25-16-7-15(8-17(26)9-16)20(12-23(34)35)30-22(33)11-19(32)13-31-6-3-14-1-2-18(10-21(14)31)29-24-27-4-5-28-24/h1-2,7-10,20H,3-6,11-13H2,(H,30,33)(H,34,35)(H2,27,28,29). The van der Waals surface area contributed by atoms with Crippen molar-refractivity contribution in [3.63, 3.8) is 0 Å². The van der Waals surface area contributed by atoms with Crippen molar-refractivity contribution in [1.82, 2.24) is 10.6 Å². The Hall–Kier alpha value is -4.02. The van der Waals surface area contributed by atoms with Crippen molar-refractivity contribution in [3.8, 4) is 0 Å². The van der Waals surface area contributed by atoms with Crippen LogP contribution < -0.4 is 20.9 Å². The van der Waals surface area contributed by atoms with Crippen LogP contribution in [0.15, 0.2) is 41.4 Å². The second-order valence-electron chi connectivity index (χ2n) is 8.43. The van der Waals surface area contributed by atoms with E-state index >= 15 is 0 Å². The number of guanidine groups is 1. The molecule has 0 saturated heterocycles. The first-order valence-corrected chi connectivity index (χ1v) is 11.2. The number of fused-ring (bicyclic) bond motifs is 1. The topological polar surface area (TPSA) is 123 Å². The Kier molecular flexibility index (Phi) is 7.23. The molecule has 0 aromatic heterocycles. The number of carboxylic acids is 1. The van der Waals surface area contributed by atoms with Gasteiger partial charge in [-0.2, -0.15) is 0 Å². The average molecular weight is 485 g/mol. The fourth-order valence-electron chi connectivity index (χ4n) is 4.20. The Labute approximate surface area is 200 Å². The SMILES string of the molecule is O=C(O)CC(NC(=O)CC(=O)CN1CCc2ccc(NC3=NCCN3)cc21)c1cc(F)cc(F)c1. The normalized spacial score (nSPS) is 15.1. The van der Waals surface area contributed by atoms with Gasteiger partial charge in [-0.25, -0.2) is 8.78 Å². The summed E-state index contributed by atoms with van der Waals surface area (Å²) in [7, 11) is 0. The zero-order valence-electron chi connectivity index (χ0n) is 18.8. The average Bonchev–Trinajstić information content (AvgIpc) is 3.42. The van der Waals surface area contributed by atoms with E-state index in [1.54, 1.807) is 0 Å². The highest BCUT2D eigenvalue weighted by Crippen LogP contribution is 2.31. The zero-order chi connectivity index (χ0) is 24.9. The summed E-state index contributed by atoms with van der Waals surface area (Å²) >= 11 is 0. The predicted molar refractivity (Wildman–Crippen MR) is 125 cm³/mol. The van der Waals surface area contributed by atoms with Crippen LogP contribution in [0, 0.1) is 11.6 Å². The van der Waals surface area contributed by atoms with Crippen molar-refractivity contribution in [2.75, 3.05) is 36.4 Å². The van der Waals surface area contributed by atoms with Crippen molar-refractivity contribution < 1.29 is 28.3 Å². The van der Waals surface area contributed by atoms with Crippen LogP contribution in [0.5, 0.6) is 0 Å². The van der Waals surface area contributed by atoms with Gasteiger partial charge in [-0.05, 0) is 41.8 Å². The van der Waals surface area contributed by atoms with E-state index in [4.69, 9.17) is 5.11 Å². The molecule has 35 heavy (non-hydrogen) atoms. The van der Waals surface area contributed by atoms with E-state index < -0.39 is 42.4 Å². The van der Waals surface area contributed by atoms with Gasteiger partial charge in [0.1, 0.15) is 11.6 Å². The number of halogens is 2. The van der Waals surface area contributed by atoms with Crippen LogP contribution in [-0.4, -0.2) is 54.9 Å². The van der Waals surface area contributed by atoms with Crippen molar-refractivity contribution in [1.29, 1.82) is 0 Å². The summed E-state index contributed by atoms with van der Waals surface area (Å²) in [5, 5.41) is 17.9. The molecule has 2 aromatic rings. The lowest BCUT2D eigenvalue weighted by Crippen LogP contribution is -2.35. The number of carboxylic acid groups (broad SMARTS) is 1. The molecule has 0 spiro atoms. The third kappa shape index (κ3) is 6.31. The second-order valence-corrected chi connectivity index (χ2v) is 8.43. The monoisotopic (exact) mass is 485 g/mol. The summed E-state index contributed by atoms with van der Waals surface area (Å²) in [4.78, 5) is 42.5. The van der Waals surface area contributed by atoms with Gasteiger partial charge in [0, 0.05) is 30.5 Å². The minimum atomic E-state index is -1.26. The van der Waals surface area contributed by atoms with Crippen molar-refractivity contribution in [2.24, 2.45) is 4.99 Å². The van der Waals surface area contributed by atoms with Crippen LogP contribution in [-0.2, 0) is 20.8 Å².